The van der Waals surface area contributed by atoms with Gasteiger partial charge in [0, 0.05) is 12.1 Å². The predicted octanol–water partition coefficient (Wildman–Crippen LogP) is 4.25. The van der Waals surface area contributed by atoms with Crippen molar-refractivity contribution in [3.05, 3.63) is 77.7 Å². The number of hydrogen-bond acceptors (Lipinski definition) is 3. The molecule has 0 aliphatic heterocycles. The van der Waals surface area contributed by atoms with E-state index in [9.17, 15) is 9.18 Å². The van der Waals surface area contributed by atoms with Gasteiger partial charge >= 0.3 is 0 Å². The fourth-order valence-electron chi connectivity index (χ4n) is 3.16. The molecule has 0 aliphatic rings. The molecule has 1 atom stereocenters. The summed E-state index contributed by atoms with van der Waals surface area (Å²) < 4.78 is 14.8. The molecule has 1 aromatic heterocycles. The highest BCUT2D eigenvalue weighted by Gasteiger charge is 2.17. The van der Waals surface area contributed by atoms with Crippen molar-refractivity contribution in [3.8, 4) is 5.69 Å². The number of amides is 1. The van der Waals surface area contributed by atoms with Crippen LogP contribution in [0.4, 0.5) is 10.2 Å². The van der Waals surface area contributed by atoms with Gasteiger partial charge in [-0.1, -0.05) is 44.2 Å². The molecule has 0 aliphatic carbocycles. The number of rotatable bonds is 7. The van der Waals surface area contributed by atoms with Gasteiger partial charge in [-0.15, -0.1) is 0 Å². The summed E-state index contributed by atoms with van der Waals surface area (Å²) in [5.74, 6) is 0.409. The van der Waals surface area contributed by atoms with Crippen molar-refractivity contribution in [1.29, 1.82) is 0 Å². The van der Waals surface area contributed by atoms with E-state index >= 15 is 0 Å². The van der Waals surface area contributed by atoms with E-state index in [1.807, 2.05) is 25.1 Å². The van der Waals surface area contributed by atoms with Crippen LogP contribution in [0.15, 0.2) is 60.7 Å². The van der Waals surface area contributed by atoms with E-state index in [0.717, 1.165) is 11.3 Å². The van der Waals surface area contributed by atoms with Crippen LogP contribution in [0.2, 0.25) is 0 Å². The van der Waals surface area contributed by atoms with E-state index in [2.05, 4.69) is 41.7 Å². The summed E-state index contributed by atoms with van der Waals surface area (Å²) in [5.41, 5.74) is 2.59. The van der Waals surface area contributed by atoms with Gasteiger partial charge in [-0.3, -0.25) is 4.79 Å². The van der Waals surface area contributed by atoms with Gasteiger partial charge in [-0.05, 0) is 42.7 Å². The molecule has 0 saturated heterocycles. The highest BCUT2D eigenvalue weighted by Crippen LogP contribution is 2.21. The Morgan fingerprint density at radius 3 is 2.43 bits per heavy atom. The third-order valence-corrected chi connectivity index (χ3v) is 4.48. The van der Waals surface area contributed by atoms with Gasteiger partial charge in [0.15, 0.2) is 0 Å². The van der Waals surface area contributed by atoms with E-state index in [-0.39, 0.29) is 24.3 Å². The first-order valence-electron chi connectivity index (χ1n) is 9.35. The van der Waals surface area contributed by atoms with Crippen molar-refractivity contribution in [2.75, 3.05) is 11.9 Å². The van der Waals surface area contributed by atoms with Crippen molar-refractivity contribution in [2.24, 2.45) is 5.92 Å². The molecule has 5 nitrogen and oxygen atoms in total. The van der Waals surface area contributed by atoms with Gasteiger partial charge < -0.3 is 10.6 Å². The van der Waals surface area contributed by atoms with E-state index in [1.54, 1.807) is 22.9 Å². The fourth-order valence-corrected chi connectivity index (χ4v) is 3.16. The maximum absolute atomic E-state index is 13.2. The molecule has 0 saturated carbocycles. The van der Waals surface area contributed by atoms with Gasteiger partial charge in [0.25, 0.3) is 0 Å². The molecule has 3 aromatic rings. The van der Waals surface area contributed by atoms with E-state index in [1.165, 1.54) is 12.1 Å². The first kappa shape index (κ1) is 19.8. The van der Waals surface area contributed by atoms with Crippen molar-refractivity contribution in [3.63, 3.8) is 0 Å². The summed E-state index contributed by atoms with van der Waals surface area (Å²) >= 11 is 0. The number of anilines is 1. The van der Waals surface area contributed by atoms with E-state index < -0.39 is 0 Å². The van der Waals surface area contributed by atoms with Gasteiger partial charge in [0.2, 0.25) is 5.91 Å². The SMILES string of the molecule is Cc1cc(NC(=O)CN[C@@H](c2ccccc2)C(C)C)n(-c2ccc(F)cc2)n1. The Morgan fingerprint density at radius 1 is 1.11 bits per heavy atom. The number of benzene rings is 2. The Balaban J connectivity index is 1.69. The lowest BCUT2D eigenvalue weighted by Gasteiger charge is -2.22. The Labute approximate surface area is 164 Å². The zero-order chi connectivity index (χ0) is 20.1. The third kappa shape index (κ3) is 4.84. The monoisotopic (exact) mass is 380 g/mol. The maximum Gasteiger partial charge on any atom is 0.239 e. The minimum Gasteiger partial charge on any atom is -0.309 e. The number of carbonyl (C=O) groups excluding carboxylic acids is 1. The van der Waals surface area contributed by atoms with E-state index in [0.29, 0.717) is 17.4 Å². The maximum atomic E-state index is 13.2. The molecule has 3 rings (SSSR count). The largest absolute Gasteiger partial charge is 0.309 e. The molecular weight excluding hydrogens is 355 g/mol. The van der Waals surface area contributed by atoms with Gasteiger partial charge in [-0.25, -0.2) is 9.07 Å². The van der Waals surface area contributed by atoms with Crippen LogP contribution >= 0.6 is 0 Å². The number of aryl methyl sites for hydroxylation is 1. The van der Waals surface area contributed by atoms with Crippen LogP contribution in [0, 0.1) is 18.7 Å². The molecule has 2 aromatic carbocycles. The number of carbonyl (C=O) groups is 1. The molecule has 2 N–H and O–H groups in total. The smallest absolute Gasteiger partial charge is 0.239 e. The minimum atomic E-state index is -0.317. The Kier molecular flexibility index (Phi) is 6.21. The molecule has 0 unspecified atom stereocenters. The summed E-state index contributed by atoms with van der Waals surface area (Å²) in [5, 5.41) is 10.6. The summed E-state index contributed by atoms with van der Waals surface area (Å²) in [6.45, 7) is 6.26. The molecule has 146 valence electrons. The number of nitrogens with one attached hydrogen (secondary N) is 2. The van der Waals surface area contributed by atoms with Gasteiger partial charge in [-0.2, -0.15) is 5.10 Å². The van der Waals surface area contributed by atoms with Crippen molar-refractivity contribution < 1.29 is 9.18 Å². The van der Waals surface area contributed by atoms with Crippen LogP contribution in [-0.4, -0.2) is 22.2 Å². The standard InChI is InChI=1S/C22H25FN4O/c1-15(2)22(17-7-5-4-6-8-17)24-14-21(28)25-20-13-16(3)26-27(20)19-11-9-18(23)10-12-19/h4-13,15,22,24H,14H2,1-3H3,(H,25,28)/t22-/m1/s1. The summed E-state index contributed by atoms with van der Waals surface area (Å²) in [4.78, 5) is 12.5. The van der Waals surface area contributed by atoms with Crippen LogP contribution in [0.1, 0.15) is 31.1 Å². The van der Waals surface area contributed by atoms with Crippen LogP contribution < -0.4 is 10.6 Å². The zero-order valence-electron chi connectivity index (χ0n) is 16.3. The first-order valence-corrected chi connectivity index (χ1v) is 9.35. The second-order valence-corrected chi connectivity index (χ2v) is 7.12. The quantitative estimate of drug-likeness (QED) is 0.644. The van der Waals surface area contributed by atoms with Crippen LogP contribution in [0.25, 0.3) is 5.69 Å². The molecule has 0 fully saturated rings. The number of aromatic nitrogens is 2. The summed E-state index contributed by atoms with van der Waals surface area (Å²) in [7, 11) is 0. The highest BCUT2D eigenvalue weighted by molar-refractivity contribution is 5.91. The molecule has 1 amide bonds. The lowest BCUT2D eigenvalue weighted by molar-refractivity contribution is -0.115. The third-order valence-electron chi connectivity index (χ3n) is 4.48. The zero-order valence-corrected chi connectivity index (χ0v) is 16.3. The molecule has 1 heterocycles. The first-order chi connectivity index (χ1) is 13.4. The van der Waals surface area contributed by atoms with Crippen LogP contribution in [0.3, 0.4) is 0 Å². The number of nitrogens with zero attached hydrogens (tertiary/aromatic N) is 2. The molecule has 0 spiro atoms. The lowest BCUT2D eigenvalue weighted by Crippen LogP contribution is -2.34. The number of halogens is 1. The normalized spacial score (nSPS) is 12.2. The average Bonchev–Trinajstić information content (AvgIpc) is 3.03. The Bertz CT molecular complexity index is 919. The van der Waals surface area contributed by atoms with E-state index in [4.69, 9.17) is 0 Å². The highest BCUT2D eigenvalue weighted by atomic mass is 19.1. The van der Waals surface area contributed by atoms with Crippen LogP contribution in [-0.2, 0) is 4.79 Å². The van der Waals surface area contributed by atoms with Crippen LogP contribution in [0.5, 0.6) is 0 Å². The predicted molar refractivity (Wildman–Crippen MR) is 109 cm³/mol. The van der Waals surface area contributed by atoms with Crippen molar-refractivity contribution in [1.82, 2.24) is 15.1 Å². The molecule has 28 heavy (non-hydrogen) atoms. The fraction of sp³-hybridized carbons (Fsp3) is 0.273. The second kappa shape index (κ2) is 8.80. The second-order valence-electron chi connectivity index (χ2n) is 7.12. The lowest BCUT2D eigenvalue weighted by atomic mass is 9.96. The minimum absolute atomic E-state index is 0.0793. The molecular formula is C22H25FN4O. The average molecular weight is 380 g/mol. The van der Waals surface area contributed by atoms with Gasteiger partial charge in [0.1, 0.15) is 11.6 Å². The topological polar surface area (TPSA) is 59.0 Å². The molecule has 6 heteroatoms. The van der Waals surface area contributed by atoms with Gasteiger partial charge in [0.05, 0.1) is 17.9 Å². The Morgan fingerprint density at radius 2 is 1.79 bits per heavy atom. The summed E-state index contributed by atoms with van der Waals surface area (Å²) in [6.07, 6.45) is 0. The Hall–Kier alpha value is -2.99. The molecule has 0 radical (unpaired) electrons. The summed E-state index contributed by atoms with van der Waals surface area (Å²) in [6, 6.07) is 17.9. The van der Waals surface area contributed by atoms with Crippen molar-refractivity contribution in [2.45, 2.75) is 26.8 Å². The van der Waals surface area contributed by atoms with Crippen molar-refractivity contribution >= 4 is 11.7 Å². The number of hydrogen-bond donors (Lipinski definition) is 2. The molecule has 0 bridgehead atoms.